The first-order valence-corrected chi connectivity index (χ1v) is 10.3. The zero-order valence-electron chi connectivity index (χ0n) is 17.4. The van der Waals surface area contributed by atoms with Crippen molar-refractivity contribution in [1.29, 1.82) is 0 Å². The monoisotopic (exact) mass is 402 g/mol. The number of aryl methyl sites for hydroxylation is 2. The lowest BCUT2D eigenvalue weighted by atomic mass is 10.1. The van der Waals surface area contributed by atoms with E-state index in [0.29, 0.717) is 26.0 Å². The number of amides is 1. The molecule has 0 radical (unpaired) electrons. The Morgan fingerprint density at radius 2 is 1.83 bits per heavy atom. The third-order valence-corrected chi connectivity index (χ3v) is 5.28. The molecule has 4 rings (SSSR count). The summed E-state index contributed by atoms with van der Waals surface area (Å²) in [5.41, 5.74) is 4.87. The Morgan fingerprint density at radius 1 is 1.07 bits per heavy atom. The number of hydrogen-bond donors (Lipinski definition) is 1. The van der Waals surface area contributed by atoms with Gasteiger partial charge in [-0.1, -0.05) is 30.3 Å². The van der Waals surface area contributed by atoms with E-state index in [9.17, 15) is 4.79 Å². The number of para-hydroxylation sites is 1. The lowest BCUT2D eigenvalue weighted by molar-refractivity contribution is -0.121. The van der Waals surface area contributed by atoms with Gasteiger partial charge < -0.3 is 10.1 Å². The molecule has 1 amide bonds. The van der Waals surface area contributed by atoms with Crippen LogP contribution in [0.5, 0.6) is 5.75 Å². The highest BCUT2D eigenvalue weighted by Crippen LogP contribution is 2.22. The van der Waals surface area contributed by atoms with Crippen LogP contribution >= 0.6 is 0 Å². The quantitative estimate of drug-likeness (QED) is 0.452. The highest BCUT2D eigenvalue weighted by Gasteiger charge is 2.14. The van der Waals surface area contributed by atoms with Gasteiger partial charge in [0, 0.05) is 29.7 Å². The molecule has 0 spiro atoms. The van der Waals surface area contributed by atoms with Crippen molar-refractivity contribution in [2.75, 3.05) is 13.2 Å². The van der Waals surface area contributed by atoms with Crippen LogP contribution < -0.4 is 10.1 Å². The number of ether oxygens (including phenoxy) is 1. The predicted molar refractivity (Wildman–Crippen MR) is 118 cm³/mol. The Balaban J connectivity index is 1.32. The van der Waals surface area contributed by atoms with Crippen molar-refractivity contribution in [1.82, 2.24) is 19.9 Å². The number of benzene rings is 2. The second-order valence-corrected chi connectivity index (χ2v) is 7.38. The van der Waals surface area contributed by atoms with E-state index in [1.165, 1.54) is 0 Å². The molecule has 2 aromatic carbocycles. The van der Waals surface area contributed by atoms with Gasteiger partial charge in [0.25, 0.3) is 0 Å². The smallest absolute Gasteiger partial charge is 0.220 e. The highest BCUT2D eigenvalue weighted by molar-refractivity contribution is 5.92. The lowest BCUT2D eigenvalue weighted by Gasteiger charge is -2.11. The average Bonchev–Trinajstić information content (AvgIpc) is 3.13. The summed E-state index contributed by atoms with van der Waals surface area (Å²) in [7, 11) is 0. The zero-order valence-corrected chi connectivity index (χ0v) is 17.4. The molecule has 0 saturated carbocycles. The molecule has 154 valence electrons. The van der Waals surface area contributed by atoms with E-state index in [1.54, 1.807) is 0 Å². The van der Waals surface area contributed by atoms with Gasteiger partial charge in [-0.05, 0) is 56.5 Å². The third kappa shape index (κ3) is 4.27. The number of nitrogens with one attached hydrogen (secondary N) is 1. The third-order valence-electron chi connectivity index (χ3n) is 5.28. The van der Waals surface area contributed by atoms with Gasteiger partial charge in [-0.3, -0.25) is 4.79 Å². The summed E-state index contributed by atoms with van der Waals surface area (Å²) in [6, 6.07) is 17.7. The van der Waals surface area contributed by atoms with Crippen LogP contribution in [-0.4, -0.2) is 33.7 Å². The van der Waals surface area contributed by atoms with E-state index in [4.69, 9.17) is 9.72 Å². The maximum Gasteiger partial charge on any atom is 0.220 e. The molecule has 2 aromatic heterocycles. The van der Waals surface area contributed by atoms with Gasteiger partial charge in [0.2, 0.25) is 5.91 Å². The van der Waals surface area contributed by atoms with Gasteiger partial charge in [-0.15, -0.1) is 0 Å². The van der Waals surface area contributed by atoms with Crippen LogP contribution in [0.2, 0.25) is 0 Å². The predicted octanol–water partition coefficient (Wildman–Crippen LogP) is 4.02. The van der Waals surface area contributed by atoms with Gasteiger partial charge >= 0.3 is 0 Å². The fourth-order valence-corrected chi connectivity index (χ4v) is 3.67. The SMILES string of the molecule is Cc1nc2c3ccccc3nn2c(C)c1CCC(=O)NCCCOc1ccccc1. The van der Waals surface area contributed by atoms with Crippen molar-refractivity contribution in [3.63, 3.8) is 0 Å². The van der Waals surface area contributed by atoms with Crippen LogP contribution in [0.1, 0.15) is 29.8 Å². The molecule has 4 aromatic rings. The van der Waals surface area contributed by atoms with E-state index >= 15 is 0 Å². The molecule has 0 atom stereocenters. The Bertz CT molecular complexity index is 1170. The summed E-state index contributed by atoms with van der Waals surface area (Å²) in [6.07, 6.45) is 1.84. The molecular weight excluding hydrogens is 376 g/mol. The molecule has 0 aliphatic carbocycles. The van der Waals surface area contributed by atoms with Crippen molar-refractivity contribution in [3.8, 4) is 5.75 Å². The van der Waals surface area contributed by atoms with Crippen LogP contribution in [0.3, 0.4) is 0 Å². The molecule has 2 heterocycles. The molecular formula is C24H26N4O2. The second kappa shape index (κ2) is 8.95. The minimum absolute atomic E-state index is 0.0410. The number of hydrogen-bond acceptors (Lipinski definition) is 4. The molecule has 0 unspecified atom stereocenters. The van der Waals surface area contributed by atoms with Crippen molar-refractivity contribution in [3.05, 3.63) is 71.5 Å². The van der Waals surface area contributed by atoms with E-state index in [-0.39, 0.29) is 5.91 Å². The van der Waals surface area contributed by atoms with Gasteiger partial charge in [0.1, 0.15) is 5.75 Å². The minimum atomic E-state index is 0.0410. The second-order valence-electron chi connectivity index (χ2n) is 7.38. The van der Waals surface area contributed by atoms with Crippen LogP contribution in [0, 0.1) is 13.8 Å². The first-order chi connectivity index (χ1) is 14.6. The molecule has 30 heavy (non-hydrogen) atoms. The summed E-state index contributed by atoms with van der Waals surface area (Å²) in [5.74, 6) is 0.892. The number of nitrogens with zero attached hydrogens (tertiary/aromatic N) is 3. The fourth-order valence-electron chi connectivity index (χ4n) is 3.67. The number of rotatable bonds is 8. The number of fused-ring (bicyclic) bond motifs is 3. The van der Waals surface area contributed by atoms with E-state index < -0.39 is 0 Å². The summed E-state index contributed by atoms with van der Waals surface area (Å²) < 4.78 is 7.54. The first-order valence-electron chi connectivity index (χ1n) is 10.3. The Labute approximate surface area is 175 Å². The van der Waals surface area contributed by atoms with Crippen molar-refractivity contribution >= 4 is 22.5 Å². The zero-order chi connectivity index (χ0) is 20.9. The molecule has 0 aliphatic heterocycles. The normalized spacial score (nSPS) is 11.1. The Kier molecular flexibility index (Phi) is 5.93. The summed E-state index contributed by atoms with van der Waals surface area (Å²) in [6.45, 7) is 5.23. The minimum Gasteiger partial charge on any atom is -0.494 e. The molecule has 0 aliphatic rings. The maximum absolute atomic E-state index is 12.3. The van der Waals surface area contributed by atoms with Gasteiger partial charge in [-0.25, -0.2) is 9.50 Å². The average molecular weight is 402 g/mol. The fraction of sp³-hybridized carbons (Fsp3) is 0.292. The van der Waals surface area contributed by atoms with Gasteiger partial charge in [-0.2, -0.15) is 5.10 Å². The highest BCUT2D eigenvalue weighted by atomic mass is 16.5. The van der Waals surface area contributed by atoms with Crippen LogP contribution in [0.4, 0.5) is 0 Å². The van der Waals surface area contributed by atoms with Crippen LogP contribution in [0.15, 0.2) is 54.6 Å². The lowest BCUT2D eigenvalue weighted by Crippen LogP contribution is -2.26. The summed E-state index contributed by atoms with van der Waals surface area (Å²) in [4.78, 5) is 17.1. The summed E-state index contributed by atoms with van der Waals surface area (Å²) in [5, 5.41) is 8.70. The summed E-state index contributed by atoms with van der Waals surface area (Å²) >= 11 is 0. The van der Waals surface area contributed by atoms with Crippen LogP contribution in [0.25, 0.3) is 16.6 Å². The molecule has 1 N–H and O–H groups in total. The van der Waals surface area contributed by atoms with Crippen molar-refractivity contribution < 1.29 is 9.53 Å². The molecule has 6 heteroatoms. The standard InChI is InChI=1S/C24H26N4O2/c1-17-20(18(2)28-24(26-17)21-11-6-7-12-22(21)27-28)13-14-23(29)25-15-8-16-30-19-9-4-3-5-10-19/h3-7,9-12H,8,13-16H2,1-2H3,(H,25,29). The topological polar surface area (TPSA) is 68.5 Å². The molecule has 0 bridgehead atoms. The Morgan fingerprint density at radius 3 is 2.67 bits per heavy atom. The van der Waals surface area contributed by atoms with E-state index in [2.05, 4.69) is 10.4 Å². The Hall–Kier alpha value is -3.41. The molecule has 0 saturated heterocycles. The largest absolute Gasteiger partial charge is 0.494 e. The van der Waals surface area contributed by atoms with E-state index in [1.807, 2.05) is 73.0 Å². The maximum atomic E-state index is 12.3. The number of aromatic nitrogens is 3. The van der Waals surface area contributed by atoms with Gasteiger partial charge in [0.15, 0.2) is 5.65 Å². The van der Waals surface area contributed by atoms with Crippen molar-refractivity contribution in [2.45, 2.75) is 33.1 Å². The van der Waals surface area contributed by atoms with Crippen LogP contribution in [-0.2, 0) is 11.2 Å². The molecule has 6 nitrogen and oxygen atoms in total. The number of carbonyl (C=O) groups is 1. The first kappa shape index (κ1) is 19.9. The molecule has 0 fully saturated rings. The van der Waals surface area contributed by atoms with Gasteiger partial charge in [0.05, 0.1) is 12.1 Å². The number of carbonyl (C=O) groups excluding carboxylic acids is 1. The van der Waals surface area contributed by atoms with E-state index in [0.717, 1.165) is 45.7 Å². The van der Waals surface area contributed by atoms with Crippen molar-refractivity contribution in [2.24, 2.45) is 0 Å².